The number of pyridine rings is 1. The number of carbonyl (C=O) groups excluding carboxylic acids is 2. The van der Waals surface area contributed by atoms with Crippen molar-refractivity contribution in [3.63, 3.8) is 0 Å². The molecule has 6 heteroatoms. The Morgan fingerprint density at radius 2 is 1.96 bits per heavy atom. The number of likely N-dealkylation sites (N-methyl/N-ethyl adjacent to an activating group) is 1. The van der Waals surface area contributed by atoms with Crippen molar-refractivity contribution in [1.82, 2.24) is 9.88 Å². The van der Waals surface area contributed by atoms with Gasteiger partial charge in [0.25, 0.3) is 0 Å². The topological polar surface area (TPSA) is 71.5 Å². The molecule has 2 rings (SSSR count). The molecule has 2 aromatic rings. The van der Waals surface area contributed by atoms with Crippen molar-refractivity contribution in [2.45, 2.75) is 13.0 Å². The maximum absolute atomic E-state index is 12.8. The standard InChI is InChI=1S/C18H21N3O3/c1-4-24-18(23)14-9-5-6-10-15(14)20-17(22)16(21(2)3)13-8-7-11-19-12-13/h5-12,16H,4H2,1-3H3,(H,20,22). The van der Waals surface area contributed by atoms with Crippen molar-refractivity contribution >= 4 is 17.6 Å². The first-order valence-electron chi connectivity index (χ1n) is 7.68. The van der Waals surface area contributed by atoms with E-state index in [9.17, 15) is 9.59 Å². The number of rotatable bonds is 6. The smallest absolute Gasteiger partial charge is 0.340 e. The summed E-state index contributed by atoms with van der Waals surface area (Å²) in [5.41, 5.74) is 1.53. The fraction of sp³-hybridized carbons (Fsp3) is 0.278. The lowest BCUT2D eigenvalue weighted by molar-refractivity contribution is -0.120. The zero-order valence-electron chi connectivity index (χ0n) is 14.0. The molecular formula is C18H21N3O3. The first kappa shape index (κ1) is 17.6. The molecule has 1 aromatic carbocycles. The third-order valence-corrected chi connectivity index (χ3v) is 3.45. The molecule has 0 spiro atoms. The maximum Gasteiger partial charge on any atom is 0.340 e. The largest absolute Gasteiger partial charge is 0.462 e. The van der Waals surface area contributed by atoms with Gasteiger partial charge < -0.3 is 10.1 Å². The SMILES string of the molecule is CCOC(=O)c1ccccc1NC(=O)C(c1cccnc1)N(C)C. The Bertz CT molecular complexity index is 702. The molecule has 1 amide bonds. The Morgan fingerprint density at radius 1 is 1.21 bits per heavy atom. The number of benzene rings is 1. The van der Waals surface area contributed by atoms with Gasteiger partial charge in [-0.15, -0.1) is 0 Å². The van der Waals surface area contributed by atoms with Crippen molar-refractivity contribution in [2.24, 2.45) is 0 Å². The monoisotopic (exact) mass is 327 g/mol. The maximum atomic E-state index is 12.8. The number of hydrogen-bond donors (Lipinski definition) is 1. The summed E-state index contributed by atoms with van der Waals surface area (Å²) in [6.45, 7) is 2.01. The number of nitrogens with zero attached hydrogens (tertiary/aromatic N) is 2. The lowest BCUT2D eigenvalue weighted by atomic mass is 10.1. The highest BCUT2D eigenvalue weighted by Crippen LogP contribution is 2.22. The second-order valence-electron chi connectivity index (χ2n) is 5.41. The lowest BCUT2D eigenvalue weighted by Crippen LogP contribution is -2.32. The highest BCUT2D eigenvalue weighted by molar-refractivity contribution is 6.03. The quantitative estimate of drug-likeness (QED) is 0.825. The molecule has 0 bridgehead atoms. The molecule has 0 aliphatic heterocycles. The minimum absolute atomic E-state index is 0.246. The molecular weight excluding hydrogens is 306 g/mol. The van der Waals surface area contributed by atoms with Gasteiger partial charge in [-0.3, -0.25) is 14.7 Å². The number of anilines is 1. The number of esters is 1. The van der Waals surface area contributed by atoms with Crippen molar-refractivity contribution in [3.8, 4) is 0 Å². The molecule has 0 fully saturated rings. The molecule has 1 aromatic heterocycles. The predicted octanol–water partition coefficient (Wildman–Crippen LogP) is 2.50. The van der Waals surface area contributed by atoms with Crippen LogP contribution in [0.5, 0.6) is 0 Å². The summed E-state index contributed by atoms with van der Waals surface area (Å²) >= 11 is 0. The third-order valence-electron chi connectivity index (χ3n) is 3.45. The molecule has 1 N–H and O–H groups in total. The van der Waals surface area contributed by atoms with Crippen LogP contribution in [-0.4, -0.2) is 42.5 Å². The summed E-state index contributed by atoms with van der Waals surface area (Å²) in [6.07, 6.45) is 3.31. The summed E-state index contributed by atoms with van der Waals surface area (Å²) in [6, 6.07) is 9.90. The summed E-state index contributed by atoms with van der Waals surface area (Å²) in [5.74, 6) is -0.707. The zero-order valence-corrected chi connectivity index (χ0v) is 14.0. The lowest BCUT2D eigenvalue weighted by Gasteiger charge is -2.24. The van der Waals surface area contributed by atoms with Gasteiger partial charge in [-0.05, 0) is 44.8 Å². The normalized spacial score (nSPS) is 11.8. The highest BCUT2D eigenvalue weighted by atomic mass is 16.5. The number of hydrogen-bond acceptors (Lipinski definition) is 5. The molecule has 0 aliphatic rings. The molecule has 1 heterocycles. The Labute approximate surface area is 141 Å². The van der Waals surface area contributed by atoms with E-state index in [1.807, 2.05) is 20.2 Å². The molecule has 0 saturated carbocycles. The van der Waals surface area contributed by atoms with Gasteiger partial charge in [0, 0.05) is 12.4 Å². The average Bonchev–Trinajstić information content (AvgIpc) is 2.56. The van der Waals surface area contributed by atoms with Crippen LogP contribution in [0.1, 0.15) is 28.9 Å². The molecule has 126 valence electrons. The number of nitrogens with one attached hydrogen (secondary N) is 1. The fourth-order valence-electron chi connectivity index (χ4n) is 2.40. The predicted molar refractivity (Wildman–Crippen MR) is 91.7 cm³/mol. The van der Waals surface area contributed by atoms with E-state index in [-0.39, 0.29) is 12.5 Å². The second-order valence-corrected chi connectivity index (χ2v) is 5.41. The second kappa shape index (κ2) is 8.21. The van der Waals surface area contributed by atoms with Crippen LogP contribution in [0.2, 0.25) is 0 Å². The van der Waals surface area contributed by atoms with Crippen molar-refractivity contribution < 1.29 is 14.3 Å². The van der Waals surface area contributed by atoms with Crippen LogP contribution in [-0.2, 0) is 9.53 Å². The van der Waals surface area contributed by atoms with Crippen LogP contribution >= 0.6 is 0 Å². The minimum atomic E-state index is -0.519. The van der Waals surface area contributed by atoms with E-state index in [0.29, 0.717) is 11.3 Å². The summed E-state index contributed by atoms with van der Waals surface area (Å²) < 4.78 is 5.03. The first-order chi connectivity index (χ1) is 11.5. The molecule has 0 radical (unpaired) electrons. The van der Waals surface area contributed by atoms with Crippen LogP contribution in [0.4, 0.5) is 5.69 Å². The molecule has 0 saturated heterocycles. The van der Waals surface area contributed by atoms with Crippen molar-refractivity contribution in [1.29, 1.82) is 0 Å². The van der Waals surface area contributed by atoms with Crippen molar-refractivity contribution in [2.75, 3.05) is 26.0 Å². The van der Waals surface area contributed by atoms with E-state index >= 15 is 0 Å². The van der Waals surface area contributed by atoms with Crippen LogP contribution in [0.15, 0.2) is 48.8 Å². The van der Waals surface area contributed by atoms with Gasteiger partial charge in [-0.25, -0.2) is 4.79 Å². The Morgan fingerprint density at radius 3 is 2.58 bits per heavy atom. The molecule has 0 aliphatic carbocycles. The van der Waals surface area contributed by atoms with E-state index in [1.165, 1.54) is 0 Å². The average molecular weight is 327 g/mol. The fourth-order valence-corrected chi connectivity index (χ4v) is 2.40. The molecule has 24 heavy (non-hydrogen) atoms. The van der Waals surface area contributed by atoms with E-state index in [0.717, 1.165) is 5.56 Å². The minimum Gasteiger partial charge on any atom is -0.462 e. The summed E-state index contributed by atoms with van der Waals surface area (Å²) in [4.78, 5) is 30.6. The van der Waals surface area contributed by atoms with Gasteiger partial charge in [0.1, 0.15) is 6.04 Å². The number of para-hydroxylation sites is 1. The summed E-state index contributed by atoms with van der Waals surface area (Å²) in [7, 11) is 3.63. The van der Waals surface area contributed by atoms with Crippen LogP contribution in [0.3, 0.4) is 0 Å². The third kappa shape index (κ3) is 4.17. The van der Waals surface area contributed by atoms with Crippen molar-refractivity contribution in [3.05, 3.63) is 59.9 Å². The number of carbonyl (C=O) groups is 2. The van der Waals surface area contributed by atoms with E-state index in [2.05, 4.69) is 10.3 Å². The molecule has 1 atom stereocenters. The zero-order chi connectivity index (χ0) is 17.5. The van der Waals surface area contributed by atoms with Crippen LogP contribution < -0.4 is 5.32 Å². The van der Waals surface area contributed by atoms with Crippen LogP contribution in [0.25, 0.3) is 0 Å². The number of ether oxygens (including phenoxy) is 1. The van der Waals surface area contributed by atoms with Gasteiger partial charge in [0.15, 0.2) is 0 Å². The van der Waals surface area contributed by atoms with Gasteiger partial charge in [0.05, 0.1) is 17.9 Å². The molecule has 1 unspecified atom stereocenters. The van der Waals surface area contributed by atoms with Gasteiger partial charge >= 0.3 is 5.97 Å². The number of aromatic nitrogens is 1. The highest BCUT2D eigenvalue weighted by Gasteiger charge is 2.24. The number of amides is 1. The van der Waals surface area contributed by atoms with Crippen LogP contribution in [0, 0.1) is 0 Å². The van der Waals surface area contributed by atoms with E-state index < -0.39 is 12.0 Å². The van der Waals surface area contributed by atoms with E-state index in [1.54, 1.807) is 54.5 Å². The Hall–Kier alpha value is -2.73. The Balaban J connectivity index is 2.27. The Kier molecular flexibility index (Phi) is 6.03. The van der Waals surface area contributed by atoms with Gasteiger partial charge in [-0.1, -0.05) is 18.2 Å². The molecule has 6 nitrogen and oxygen atoms in total. The van der Waals surface area contributed by atoms with Gasteiger partial charge in [0.2, 0.25) is 5.91 Å². The first-order valence-corrected chi connectivity index (χ1v) is 7.68. The van der Waals surface area contributed by atoms with Gasteiger partial charge in [-0.2, -0.15) is 0 Å². The van der Waals surface area contributed by atoms with E-state index in [4.69, 9.17) is 4.74 Å². The summed E-state index contributed by atoms with van der Waals surface area (Å²) in [5, 5.41) is 2.82.